The van der Waals surface area contributed by atoms with E-state index in [4.69, 9.17) is 4.74 Å². The minimum Gasteiger partial charge on any atom is -0.492 e. The second kappa shape index (κ2) is 9.21. The largest absolute Gasteiger partial charge is 0.492 e. The van der Waals surface area contributed by atoms with Crippen LogP contribution >= 0.6 is 0 Å². The summed E-state index contributed by atoms with van der Waals surface area (Å²) in [5.41, 5.74) is 0.977. The molecule has 27 heavy (non-hydrogen) atoms. The molecule has 5 heteroatoms. The van der Waals surface area contributed by atoms with Crippen molar-refractivity contribution < 1.29 is 14.3 Å². The van der Waals surface area contributed by atoms with Gasteiger partial charge >= 0.3 is 0 Å². The number of likely N-dealkylation sites (N-methyl/N-ethyl adjacent to an activating group) is 1. The highest BCUT2D eigenvalue weighted by Gasteiger charge is 2.35. The molecular weight excluding hydrogens is 340 g/mol. The van der Waals surface area contributed by atoms with Gasteiger partial charge in [-0.15, -0.1) is 0 Å². The minimum atomic E-state index is -0.358. The molecule has 2 aromatic rings. The van der Waals surface area contributed by atoms with E-state index in [-0.39, 0.29) is 17.9 Å². The number of para-hydroxylation sites is 1. The molecule has 1 aliphatic rings. The number of carbonyl (C=O) groups excluding carboxylic acids is 2. The molecule has 1 atom stereocenters. The lowest BCUT2D eigenvalue weighted by molar-refractivity contribution is -0.142. The minimum absolute atomic E-state index is 0.00873. The summed E-state index contributed by atoms with van der Waals surface area (Å²) in [6.45, 7) is 1.57. The van der Waals surface area contributed by atoms with Crippen molar-refractivity contribution in [1.29, 1.82) is 0 Å². The number of benzene rings is 2. The molecule has 1 heterocycles. The molecule has 0 N–H and O–H groups in total. The number of nitrogens with zero attached hydrogens (tertiary/aromatic N) is 2. The molecule has 142 valence electrons. The van der Waals surface area contributed by atoms with Gasteiger partial charge in [0.05, 0.1) is 13.0 Å². The molecule has 0 bridgehead atoms. The third-order valence-electron chi connectivity index (χ3n) is 4.87. The van der Waals surface area contributed by atoms with Crippen molar-refractivity contribution in [3.8, 4) is 5.75 Å². The summed E-state index contributed by atoms with van der Waals surface area (Å²) in [6.07, 6.45) is 1.93. The Morgan fingerprint density at radius 1 is 1.07 bits per heavy atom. The molecule has 2 aromatic carbocycles. The Hall–Kier alpha value is -2.82. The van der Waals surface area contributed by atoms with Crippen molar-refractivity contribution in [2.75, 3.05) is 26.7 Å². The molecule has 1 unspecified atom stereocenters. The third kappa shape index (κ3) is 5.09. The summed E-state index contributed by atoms with van der Waals surface area (Å²) >= 11 is 0. The fourth-order valence-corrected chi connectivity index (χ4v) is 3.38. The summed E-state index contributed by atoms with van der Waals surface area (Å²) in [5, 5.41) is 0. The van der Waals surface area contributed by atoms with Gasteiger partial charge in [0, 0.05) is 13.6 Å². The number of hydrogen-bond acceptors (Lipinski definition) is 3. The van der Waals surface area contributed by atoms with E-state index in [1.165, 1.54) is 0 Å². The van der Waals surface area contributed by atoms with Gasteiger partial charge in [-0.2, -0.15) is 0 Å². The van der Waals surface area contributed by atoms with Crippen LogP contribution < -0.4 is 4.74 Å². The summed E-state index contributed by atoms with van der Waals surface area (Å²) in [5.74, 6) is 0.801. The van der Waals surface area contributed by atoms with Crippen LogP contribution in [-0.2, 0) is 16.0 Å². The lowest BCUT2D eigenvalue weighted by Crippen LogP contribution is -2.47. The predicted molar refractivity (Wildman–Crippen MR) is 104 cm³/mol. The zero-order valence-corrected chi connectivity index (χ0v) is 15.7. The highest BCUT2D eigenvalue weighted by Crippen LogP contribution is 2.20. The van der Waals surface area contributed by atoms with E-state index >= 15 is 0 Å². The Balaban J connectivity index is 1.52. The predicted octanol–water partition coefficient (Wildman–Crippen LogP) is 2.76. The first kappa shape index (κ1) is 19.0. The second-order valence-corrected chi connectivity index (χ2v) is 6.83. The number of amides is 2. The van der Waals surface area contributed by atoms with Crippen LogP contribution in [-0.4, -0.2) is 54.4 Å². The van der Waals surface area contributed by atoms with Gasteiger partial charge in [0.15, 0.2) is 0 Å². The molecular formula is C22H26N2O3. The standard InChI is InChI=1S/C22H26N2O3/c1-23(15-16-27-19-11-6-3-7-12-19)22(26)20-13-8-14-24(20)21(25)17-18-9-4-2-5-10-18/h2-7,9-12,20H,8,13-17H2,1H3. The van der Waals surface area contributed by atoms with Crippen molar-refractivity contribution in [1.82, 2.24) is 9.80 Å². The first-order valence-corrected chi connectivity index (χ1v) is 9.41. The van der Waals surface area contributed by atoms with E-state index in [0.29, 0.717) is 26.1 Å². The Morgan fingerprint density at radius 2 is 1.74 bits per heavy atom. The SMILES string of the molecule is CN(CCOc1ccccc1)C(=O)C1CCCN1C(=O)Cc1ccccc1. The maximum Gasteiger partial charge on any atom is 0.245 e. The fourth-order valence-electron chi connectivity index (χ4n) is 3.38. The van der Waals surface area contributed by atoms with Gasteiger partial charge in [-0.1, -0.05) is 48.5 Å². The number of hydrogen-bond donors (Lipinski definition) is 0. The van der Waals surface area contributed by atoms with E-state index in [1.54, 1.807) is 16.8 Å². The van der Waals surface area contributed by atoms with Gasteiger partial charge in [0.25, 0.3) is 0 Å². The molecule has 1 fully saturated rings. The van der Waals surface area contributed by atoms with Crippen molar-refractivity contribution >= 4 is 11.8 Å². The Bertz CT molecular complexity index is 749. The Labute approximate surface area is 160 Å². The Kier molecular flexibility index (Phi) is 6.47. The van der Waals surface area contributed by atoms with Crippen LogP contribution in [0.15, 0.2) is 60.7 Å². The first-order chi connectivity index (χ1) is 13.1. The van der Waals surface area contributed by atoms with E-state index in [1.807, 2.05) is 60.7 Å². The van der Waals surface area contributed by atoms with Crippen LogP contribution in [0.4, 0.5) is 0 Å². The average molecular weight is 366 g/mol. The highest BCUT2D eigenvalue weighted by atomic mass is 16.5. The van der Waals surface area contributed by atoms with E-state index in [2.05, 4.69) is 0 Å². The fraction of sp³-hybridized carbons (Fsp3) is 0.364. The number of ether oxygens (including phenoxy) is 1. The van der Waals surface area contributed by atoms with Crippen molar-refractivity contribution in [3.05, 3.63) is 66.2 Å². The maximum atomic E-state index is 12.8. The molecule has 1 saturated heterocycles. The van der Waals surface area contributed by atoms with Crippen molar-refractivity contribution in [2.24, 2.45) is 0 Å². The average Bonchev–Trinajstić information content (AvgIpc) is 3.19. The summed E-state index contributed by atoms with van der Waals surface area (Å²) in [4.78, 5) is 28.9. The van der Waals surface area contributed by atoms with Gasteiger partial charge < -0.3 is 14.5 Å². The molecule has 0 saturated carbocycles. The molecule has 0 aliphatic carbocycles. The monoisotopic (exact) mass is 366 g/mol. The maximum absolute atomic E-state index is 12.8. The summed E-state index contributed by atoms with van der Waals surface area (Å²) in [6, 6.07) is 18.9. The highest BCUT2D eigenvalue weighted by molar-refractivity contribution is 5.89. The smallest absolute Gasteiger partial charge is 0.245 e. The van der Waals surface area contributed by atoms with Crippen LogP contribution in [0.2, 0.25) is 0 Å². The topological polar surface area (TPSA) is 49.9 Å². The molecule has 0 aromatic heterocycles. The van der Waals surface area contributed by atoms with Crippen LogP contribution in [0.25, 0.3) is 0 Å². The zero-order valence-electron chi connectivity index (χ0n) is 15.7. The molecule has 0 spiro atoms. The molecule has 3 rings (SSSR count). The lowest BCUT2D eigenvalue weighted by atomic mass is 10.1. The normalized spacial score (nSPS) is 16.2. The summed E-state index contributed by atoms with van der Waals surface area (Å²) < 4.78 is 5.67. The Morgan fingerprint density at radius 3 is 2.44 bits per heavy atom. The zero-order chi connectivity index (χ0) is 19.1. The molecule has 5 nitrogen and oxygen atoms in total. The van der Waals surface area contributed by atoms with Gasteiger partial charge in [0.1, 0.15) is 18.4 Å². The van der Waals surface area contributed by atoms with Gasteiger partial charge in [-0.25, -0.2) is 0 Å². The van der Waals surface area contributed by atoms with Crippen LogP contribution in [0.1, 0.15) is 18.4 Å². The van der Waals surface area contributed by atoms with Crippen molar-refractivity contribution in [2.45, 2.75) is 25.3 Å². The van der Waals surface area contributed by atoms with E-state index < -0.39 is 0 Å². The molecule has 2 amide bonds. The van der Waals surface area contributed by atoms with Gasteiger partial charge in [-0.05, 0) is 30.5 Å². The van der Waals surface area contributed by atoms with E-state index in [9.17, 15) is 9.59 Å². The number of rotatable bonds is 7. The van der Waals surface area contributed by atoms with E-state index in [0.717, 1.165) is 24.2 Å². The van der Waals surface area contributed by atoms with Crippen molar-refractivity contribution in [3.63, 3.8) is 0 Å². The van der Waals surface area contributed by atoms with Gasteiger partial charge in [0.2, 0.25) is 11.8 Å². The second-order valence-electron chi connectivity index (χ2n) is 6.83. The van der Waals surface area contributed by atoms with Crippen LogP contribution in [0.3, 0.4) is 0 Å². The van der Waals surface area contributed by atoms with Gasteiger partial charge in [-0.3, -0.25) is 9.59 Å². The third-order valence-corrected chi connectivity index (χ3v) is 4.87. The quantitative estimate of drug-likeness (QED) is 0.757. The van der Waals surface area contributed by atoms with Crippen LogP contribution in [0.5, 0.6) is 5.75 Å². The summed E-state index contributed by atoms with van der Waals surface area (Å²) in [7, 11) is 1.77. The number of carbonyl (C=O) groups is 2. The lowest BCUT2D eigenvalue weighted by Gasteiger charge is -2.28. The van der Waals surface area contributed by atoms with Crippen LogP contribution in [0, 0.1) is 0 Å². The molecule has 0 radical (unpaired) electrons. The first-order valence-electron chi connectivity index (χ1n) is 9.41. The molecule has 1 aliphatic heterocycles. The number of likely N-dealkylation sites (tertiary alicyclic amines) is 1.